The van der Waals surface area contributed by atoms with Crippen LogP contribution in [-0.2, 0) is 30.9 Å². The van der Waals surface area contributed by atoms with Gasteiger partial charge in [0.25, 0.3) is 16.0 Å². The molecular formula is C22H29N6O6S+. The third kappa shape index (κ3) is 8.46. The minimum atomic E-state index is -3.16. The number of benzene rings is 1. The van der Waals surface area contributed by atoms with E-state index in [1.165, 1.54) is 0 Å². The Kier molecular flexibility index (Phi) is 8.66. The average molecular weight is 506 g/mol. The number of nitrogens with two attached hydrogens (primary N) is 2. The maximum absolute atomic E-state index is 12.3. The number of rotatable bonds is 6. The van der Waals surface area contributed by atoms with Crippen LogP contribution in [0.1, 0.15) is 42.6 Å². The first-order chi connectivity index (χ1) is 16.2. The molecule has 12 nitrogen and oxygen atoms in total. The average Bonchev–Trinajstić information content (AvgIpc) is 3.23. The van der Waals surface area contributed by atoms with Gasteiger partial charge in [-0.25, -0.2) is 9.97 Å². The first kappa shape index (κ1) is 27.4. The van der Waals surface area contributed by atoms with Crippen molar-refractivity contribution >= 4 is 33.6 Å². The highest BCUT2D eigenvalue weighted by atomic mass is 32.2. The van der Waals surface area contributed by atoms with Crippen molar-refractivity contribution in [2.45, 2.75) is 32.6 Å². The zero-order valence-corrected chi connectivity index (χ0v) is 20.9. The number of anilines is 2. The molecule has 1 aromatic carbocycles. The minimum Gasteiger partial charge on any atom is -0.364 e. The van der Waals surface area contributed by atoms with Crippen molar-refractivity contribution in [3.8, 4) is 11.3 Å². The summed E-state index contributed by atoms with van der Waals surface area (Å²) in [6.45, 7) is 6.00. The van der Waals surface area contributed by atoms with Crippen molar-refractivity contribution in [3.05, 3.63) is 53.5 Å². The Morgan fingerprint density at radius 1 is 1.20 bits per heavy atom. The summed E-state index contributed by atoms with van der Waals surface area (Å²) in [6, 6.07) is 8.93. The molecule has 0 saturated heterocycles. The number of amides is 2. The van der Waals surface area contributed by atoms with Gasteiger partial charge in [0.15, 0.2) is 5.82 Å². The van der Waals surface area contributed by atoms with E-state index >= 15 is 0 Å². The summed E-state index contributed by atoms with van der Waals surface area (Å²) < 4.78 is 28.7. The van der Waals surface area contributed by atoms with E-state index in [0.717, 1.165) is 24.5 Å². The Labute approximate surface area is 203 Å². The molecule has 6 N–H and O–H groups in total. The van der Waals surface area contributed by atoms with Gasteiger partial charge < -0.3 is 15.6 Å². The first-order valence-corrected chi connectivity index (χ1v) is 12.1. The SMILES string of the molecule is CC(C)(C)c1cc(NC(=O)Cc2ccc(-c3c[nH+]c(N)c(C(N)=O)n3)cc2)no1.COS(C)(=O)=O. The van der Waals surface area contributed by atoms with Gasteiger partial charge in [-0.2, -0.15) is 8.42 Å². The molecule has 0 aliphatic carbocycles. The summed E-state index contributed by atoms with van der Waals surface area (Å²) >= 11 is 0. The molecule has 0 aliphatic heterocycles. The van der Waals surface area contributed by atoms with Crippen LogP contribution in [0.25, 0.3) is 11.3 Å². The number of aromatic amines is 1. The van der Waals surface area contributed by atoms with Crippen molar-refractivity contribution < 1.29 is 31.7 Å². The highest BCUT2D eigenvalue weighted by molar-refractivity contribution is 7.85. The van der Waals surface area contributed by atoms with Crippen molar-refractivity contribution in [3.63, 3.8) is 0 Å². The summed E-state index contributed by atoms with van der Waals surface area (Å²) in [7, 11) is -2.04. The standard InChI is InChI=1S/C20H22N6O3.C2H6O3S/c1-20(2,3)14-9-15(26-29-14)25-16(27)8-11-4-6-12(7-5-11)13-10-23-18(21)17(24-13)19(22)28;1-5-6(2,3)4/h4-7,9-10H,8H2,1-3H3,(H2,21,23)(H2,22,28)(H,25,26,27);1-2H3/p+1. The number of nitrogens with one attached hydrogen (secondary N) is 2. The Morgan fingerprint density at radius 2 is 1.80 bits per heavy atom. The lowest BCUT2D eigenvalue weighted by molar-refractivity contribution is -0.360. The number of hydrogen-bond donors (Lipinski definition) is 3. The van der Waals surface area contributed by atoms with E-state index in [-0.39, 0.29) is 29.3 Å². The smallest absolute Gasteiger partial charge is 0.302 e. The van der Waals surface area contributed by atoms with Gasteiger partial charge in [0.1, 0.15) is 17.7 Å². The molecule has 2 heterocycles. The quantitative estimate of drug-likeness (QED) is 0.414. The molecule has 0 atom stereocenters. The number of hydrogen-bond acceptors (Lipinski definition) is 9. The second kappa shape index (κ2) is 11.1. The van der Waals surface area contributed by atoms with Gasteiger partial charge >= 0.3 is 5.82 Å². The summed E-state index contributed by atoms with van der Waals surface area (Å²) in [5.74, 6) is 0.271. The van der Waals surface area contributed by atoms with E-state index in [0.29, 0.717) is 17.3 Å². The summed E-state index contributed by atoms with van der Waals surface area (Å²) in [5.41, 5.74) is 12.8. The van der Waals surface area contributed by atoms with Crippen LogP contribution in [0.15, 0.2) is 41.1 Å². The number of carbonyl (C=O) groups excluding carboxylic acids is 2. The van der Waals surface area contributed by atoms with Gasteiger partial charge in [-0.15, -0.1) is 0 Å². The maximum Gasteiger partial charge on any atom is 0.302 e. The normalized spacial score (nSPS) is 11.3. The zero-order valence-electron chi connectivity index (χ0n) is 20.1. The Bertz CT molecular complexity index is 1300. The fourth-order valence-corrected chi connectivity index (χ4v) is 2.62. The summed E-state index contributed by atoms with van der Waals surface area (Å²) in [4.78, 5) is 30.6. The van der Waals surface area contributed by atoms with E-state index in [2.05, 4.69) is 24.6 Å². The third-order valence-electron chi connectivity index (χ3n) is 4.52. The Hall–Kier alpha value is -3.84. The number of carbonyl (C=O) groups is 2. The van der Waals surface area contributed by atoms with Crippen LogP contribution in [0.2, 0.25) is 0 Å². The number of aromatic nitrogens is 3. The van der Waals surface area contributed by atoms with Crippen molar-refractivity contribution in [2.75, 3.05) is 24.4 Å². The van der Waals surface area contributed by atoms with Gasteiger partial charge in [0.05, 0.1) is 19.8 Å². The van der Waals surface area contributed by atoms with E-state index in [9.17, 15) is 18.0 Å². The topological polar surface area (TPSA) is 195 Å². The fourth-order valence-electron chi connectivity index (χ4n) is 2.62. The van der Waals surface area contributed by atoms with Gasteiger partial charge in [-0.3, -0.25) is 19.5 Å². The lowest BCUT2D eigenvalue weighted by Crippen LogP contribution is -2.23. The van der Waals surface area contributed by atoms with Crippen LogP contribution in [0, 0.1) is 0 Å². The molecule has 0 bridgehead atoms. The fraction of sp³-hybridized carbons (Fsp3) is 0.318. The lowest BCUT2D eigenvalue weighted by Gasteiger charge is -2.12. The molecule has 0 saturated carbocycles. The highest BCUT2D eigenvalue weighted by Crippen LogP contribution is 2.24. The monoisotopic (exact) mass is 505 g/mol. The molecule has 0 fully saturated rings. The molecule has 13 heteroatoms. The molecule has 3 rings (SSSR count). The second-order valence-corrected chi connectivity index (χ2v) is 10.3. The number of nitrogens with zero attached hydrogens (tertiary/aromatic N) is 2. The van der Waals surface area contributed by atoms with Crippen LogP contribution in [0.3, 0.4) is 0 Å². The van der Waals surface area contributed by atoms with Crippen LogP contribution in [-0.4, -0.2) is 43.7 Å². The Morgan fingerprint density at radius 3 is 2.29 bits per heavy atom. The van der Waals surface area contributed by atoms with Crippen LogP contribution in [0.5, 0.6) is 0 Å². The van der Waals surface area contributed by atoms with Gasteiger partial charge in [0.2, 0.25) is 11.6 Å². The molecule has 188 valence electrons. The molecule has 2 amide bonds. The Balaban J connectivity index is 0.000000641. The summed E-state index contributed by atoms with van der Waals surface area (Å²) in [5, 5.41) is 6.61. The number of nitrogen functional groups attached to an aromatic ring is 1. The maximum atomic E-state index is 12.3. The predicted molar refractivity (Wildman–Crippen MR) is 129 cm³/mol. The van der Waals surface area contributed by atoms with Gasteiger partial charge in [-0.05, 0) is 5.56 Å². The van der Waals surface area contributed by atoms with E-state index in [1.54, 1.807) is 36.5 Å². The molecule has 0 unspecified atom stereocenters. The number of H-pyrrole nitrogens is 1. The molecule has 3 aromatic rings. The predicted octanol–water partition coefficient (Wildman–Crippen LogP) is 1.30. The van der Waals surface area contributed by atoms with Crippen LogP contribution < -0.4 is 21.8 Å². The van der Waals surface area contributed by atoms with Gasteiger partial charge in [-0.1, -0.05) is 50.2 Å². The van der Waals surface area contributed by atoms with Crippen molar-refractivity contribution in [1.82, 2.24) is 10.1 Å². The van der Waals surface area contributed by atoms with Crippen molar-refractivity contribution in [2.24, 2.45) is 5.73 Å². The number of primary amides is 1. The third-order valence-corrected chi connectivity index (χ3v) is 5.12. The van der Waals surface area contributed by atoms with E-state index in [4.69, 9.17) is 16.0 Å². The van der Waals surface area contributed by atoms with E-state index < -0.39 is 16.0 Å². The second-order valence-electron chi connectivity index (χ2n) is 8.53. The highest BCUT2D eigenvalue weighted by Gasteiger charge is 2.20. The largest absolute Gasteiger partial charge is 0.364 e. The summed E-state index contributed by atoms with van der Waals surface area (Å²) in [6.07, 6.45) is 2.75. The molecule has 35 heavy (non-hydrogen) atoms. The molecule has 2 aromatic heterocycles. The van der Waals surface area contributed by atoms with E-state index in [1.807, 2.05) is 20.8 Å². The molecule has 0 radical (unpaired) electrons. The first-order valence-electron chi connectivity index (χ1n) is 10.3. The molecular weight excluding hydrogens is 476 g/mol. The van der Waals surface area contributed by atoms with Crippen LogP contribution >= 0.6 is 0 Å². The van der Waals surface area contributed by atoms with Crippen molar-refractivity contribution in [1.29, 1.82) is 0 Å². The molecule has 0 spiro atoms. The zero-order chi connectivity index (χ0) is 26.4. The lowest BCUT2D eigenvalue weighted by atomic mass is 9.93. The molecule has 0 aliphatic rings. The minimum absolute atomic E-state index is 0.0202. The van der Waals surface area contributed by atoms with Crippen LogP contribution in [0.4, 0.5) is 11.6 Å². The van der Waals surface area contributed by atoms with Gasteiger partial charge in [0, 0.05) is 17.0 Å².